The molecule has 2 aromatic rings. The molecular formula is C21H19BrO. The second-order valence-electron chi connectivity index (χ2n) is 6.80. The fourth-order valence-corrected chi connectivity index (χ4v) is 4.39. The van der Waals surface area contributed by atoms with Crippen LogP contribution in [0.1, 0.15) is 47.2 Å². The monoisotopic (exact) mass is 366 g/mol. The van der Waals surface area contributed by atoms with Gasteiger partial charge in [-0.1, -0.05) is 64.0 Å². The minimum absolute atomic E-state index is 0.142. The highest BCUT2D eigenvalue weighted by Gasteiger charge is 2.46. The first-order valence-electron chi connectivity index (χ1n) is 8.24. The maximum absolute atomic E-state index is 13.0. The Morgan fingerprint density at radius 3 is 2.48 bits per heavy atom. The van der Waals surface area contributed by atoms with Crippen LogP contribution in [0.3, 0.4) is 0 Å². The molecule has 2 heteroatoms. The molecule has 0 aliphatic heterocycles. The van der Waals surface area contributed by atoms with Gasteiger partial charge in [-0.25, -0.2) is 0 Å². The molecule has 1 spiro atoms. The molecule has 23 heavy (non-hydrogen) atoms. The van der Waals surface area contributed by atoms with Gasteiger partial charge in [0.2, 0.25) is 0 Å². The van der Waals surface area contributed by atoms with E-state index in [2.05, 4.69) is 58.4 Å². The highest BCUT2D eigenvalue weighted by molar-refractivity contribution is 9.10. The van der Waals surface area contributed by atoms with Crippen molar-refractivity contribution in [3.63, 3.8) is 0 Å². The zero-order valence-corrected chi connectivity index (χ0v) is 14.6. The molecule has 1 nitrogen and oxygen atoms in total. The summed E-state index contributed by atoms with van der Waals surface area (Å²) in [6.07, 6.45) is 7.27. The molecule has 2 aliphatic carbocycles. The summed E-state index contributed by atoms with van der Waals surface area (Å²) in [5, 5.41) is 0. The van der Waals surface area contributed by atoms with E-state index >= 15 is 0 Å². The van der Waals surface area contributed by atoms with Gasteiger partial charge >= 0.3 is 0 Å². The molecule has 0 bridgehead atoms. The normalized spacial score (nSPS) is 23.2. The maximum atomic E-state index is 13.0. The molecule has 0 radical (unpaired) electrons. The molecule has 0 atom stereocenters. The van der Waals surface area contributed by atoms with Crippen molar-refractivity contribution in [1.82, 2.24) is 0 Å². The molecule has 0 heterocycles. The molecule has 2 aromatic carbocycles. The standard InChI is InChI=1S/C21H19BrO/c22-18-7-6-17-14-21(20(23)19(17)13-18)10-8-16(9-11-21)12-15-4-2-1-3-5-15/h1-7,12-13H,8-11,14H2. The molecule has 0 unspecified atom stereocenters. The minimum atomic E-state index is -0.142. The van der Waals surface area contributed by atoms with Crippen LogP contribution in [0.25, 0.3) is 6.08 Å². The Kier molecular flexibility index (Phi) is 3.73. The van der Waals surface area contributed by atoms with Gasteiger partial charge in [0.25, 0.3) is 0 Å². The van der Waals surface area contributed by atoms with Crippen LogP contribution in [0.5, 0.6) is 0 Å². The summed E-state index contributed by atoms with van der Waals surface area (Å²) >= 11 is 3.49. The van der Waals surface area contributed by atoms with Crippen LogP contribution in [0.4, 0.5) is 0 Å². The molecule has 116 valence electrons. The van der Waals surface area contributed by atoms with E-state index in [9.17, 15) is 4.79 Å². The number of allylic oxidation sites excluding steroid dienone is 1. The Hall–Kier alpha value is -1.67. The largest absolute Gasteiger partial charge is 0.294 e. The summed E-state index contributed by atoms with van der Waals surface area (Å²) in [4.78, 5) is 13.0. The van der Waals surface area contributed by atoms with Gasteiger partial charge in [0.05, 0.1) is 0 Å². The fraction of sp³-hybridized carbons (Fsp3) is 0.286. The minimum Gasteiger partial charge on any atom is -0.294 e. The third-order valence-corrected chi connectivity index (χ3v) is 5.84. The number of carbonyl (C=O) groups excluding carboxylic acids is 1. The lowest BCUT2D eigenvalue weighted by molar-refractivity contribution is 0.0771. The van der Waals surface area contributed by atoms with E-state index in [1.165, 1.54) is 16.7 Å². The van der Waals surface area contributed by atoms with Gasteiger partial charge < -0.3 is 0 Å². The fourth-order valence-electron chi connectivity index (χ4n) is 4.03. The number of hydrogen-bond donors (Lipinski definition) is 0. The number of fused-ring (bicyclic) bond motifs is 1. The summed E-state index contributed by atoms with van der Waals surface area (Å²) < 4.78 is 1.00. The first-order chi connectivity index (χ1) is 11.2. The van der Waals surface area contributed by atoms with E-state index in [-0.39, 0.29) is 5.41 Å². The number of ketones is 1. The van der Waals surface area contributed by atoms with E-state index in [1.807, 2.05) is 12.1 Å². The molecule has 4 rings (SSSR count). The van der Waals surface area contributed by atoms with Gasteiger partial charge in [-0.3, -0.25) is 4.79 Å². The van der Waals surface area contributed by atoms with Gasteiger partial charge in [-0.15, -0.1) is 0 Å². The van der Waals surface area contributed by atoms with Gasteiger partial charge in [-0.2, -0.15) is 0 Å². The van der Waals surface area contributed by atoms with Crippen molar-refractivity contribution in [2.24, 2.45) is 5.41 Å². The molecule has 0 N–H and O–H groups in total. The lowest BCUT2D eigenvalue weighted by atomic mass is 9.69. The molecular weight excluding hydrogens is 348 g/mol. The Labute approximate surface area is 145 Å². The van der Waals surface area contributed by atoms with Gasteiger partial charge in [0.1, 0.15) is 0 Å². The summed E-state index contributed by atoms with van der Waals surface area (Å²) in [5.41, 5.74) is 4.77. The highest BCUT2D eigenvalue weighted by atomic mass is 79.9. The number of halogens is 1. The van der Waals surface area contributed by atoms with Crippen molar-refractivity contribution in [3.05, 3.63) is 75.3 Å². The summed E-state index contributed by atoms with van der Waals surface area (Å²) in [6.45, 7) is 0. The average Bonchev–Trinajstić information content (AvgIpc) is 2.83. The zero-order valence-electron chi connectivity index (χ0n) is 13.0. The first kappa shape index (κ1) is 14.9. The van der Waals surface area contributed by atoms with Crippen LogP contribution in [-0.4, -0.2) is 5.78 Å². The topological polar surface area (TPSA) is 17.1 Å². The number of hydrogen-bond acceptors (Lipinski definition) is 1. The lowest BCUT2D eigenvalue weighted by Gasteiger charge is -2.33. The van der Waals surface area contributed by atoms with Crippen LogP contribution in [-0.2, 0) is 6.42 Å². The molecule has 0 amide bonds. The summed E-state index contributed by atoms with van der Waals surface area (Å²) in [5.74, 6) is 0.368. The molecule has 1 fully saturated rings. The van der Waals surface area contributed by atoms with Crippen molar-refractivity contribution >= 4 is 27.8 Å². The third-order valence-electron chi connectivity index (χ3n) is 5.35. The Morgan fingerprint density at radius 2 is 1.74 bits per heavy atom. The van der Waals surface area contributed by atoms with Gasteiger partial charge in [0, 0.05) is 15.5 Å². The smallest absolute Gasteiger partial charge is 0.169 e. The van der Waals surface area contributed by atoms with E-state index in [0.29, 0.717) is 5.78 Å². The van der Waals surface area contributed by atoms with E-state index < -0.39 is 0 Å². The second kappa shape index (κ2) is 5.76. The van der Waals surface area contributed by atoms with Crippen molar-refractivity contribution < 1.29 is 4.79 Å². The van der Waals surface area contributed by atoms with Gasteiger partial charge in [-0.05, 0) is 55.4 Å². The Balaban J connectivity index is 1.54. The van der Waals surface area contributed by atoms with Crippen molar-refractivity contribution in [3.8, 4) is 0 Å². The summed E-state index contributed by atoms with van der Waals surface area (Å²) in [6, 6.07) is 16.6. The number of Topliss-reactive ketones (excluding diaryl/α,β-unsaturated/α-hetero) is 1. The Morgan fingerprint density at radius 1 is 1.00 bits per heavy atom. The molecule has 0 aromatic heterocycles. The highest BCUT2D eigenvalue weighted by Crippen LogP contribution is 2.49. The van der Waals surface area contributed by atoms with Gasteiger partial charge in [0.15, 0.2) is 5.78 Å². The van der Waals surface area contributed by atoms with Crippen molar-refractivity contribution in [2.45, 2.75) is 32.1 Å². The third kappa shape index (κ3) is 2.70. The quantitative estimate of drug-likeness (QED) is 0.620. The second-order valence-corrected chi connectivity index (χ2v) is 7.72. The number of carbonyl (C=O) groups is 1. The predicted molar refractivity (Wildman–Crippen MR) is 97.5 cm³/mol. The van der Waals surface area contributed by atoms with Crippen LogP contribution in [0, 0.1) is 5.41 Å². The zero-order chi connectivity index (χ0) is 15.9. The van der Waals surface area contributed by atoms with E-state index in [4.69, 9.17) is 0 Å². The number of benzene rings is 2. The summed E-state index contributed by atoms with van der Waals surface area (Å²) in [7, 11) is 0. The molecule has 2 aliphatic rings. The Bertz CT molecular complexity index is 779. The van der Waals surface area contributed by atoms with Crippen LogP contribution in [0.15, 0.2) is 58.6 Å². The molecule has 0 saturated heterocycles. The van der Waals surface area contributed by atoms with Crippen LogP contribution >= 0.6 is 15.9 Å². The number of rotatable bonds is 1. The average molecular weight is 367 g/mol. The molecule has 1 saturated carbocycles. The lowest BCUT2D eigenvalue weighted by Crippen LogP contribution is -2.31. The SMILES string of the molecule is O=C1c2cc(Br)ccc2CC12CCC(=Cc1ccccc1)CC2. The predicted octanol–water partition coefficient (Wildman–Crippen LogP) is 5.83. The van der Waals surface area contributed by atoms with E-state index in [0.717, 1.165) is 42.1 Å². The van der Waals surface area contributed by atoms with Crippen LogP contribution in [0.2, 0.25) is 0 Å². The van der Waals surface area contributed by atoms with E-state index in [1.54, 1.807) is 0 Å². The van der Waals surface area contributed by atoms with Crippen LogP contribution < -0.4 is 0 Å². The maximum Gasteiger partial charge on any atom is 0.169 e. The van der Waals surface area contributed by atoms with Crippen molar-refractivity contribution in [2.75, 3.05) is 0 Å². The first-order valence-corrected chi connectivity index (χ1v) is 9.03. The van der Waals surface area contributed by atoms with Crippen molar-refractivity contribution in [1.29, 1.82) is 0 Å².